The number of likely N-dealkylation sites (N-methyl/N-ethyl adjacent to an activating group) is 1. The number of nitrogens with zero attached hydrogens (tertiary/aromatic N) is 3. The zero-order valence-corrected chi connectivity index (χ0v) is 12.5. The largest absolute Gasteiger partial charge is 0.322 e. The fraction of sp³-hybridized carbons (Fsp3) is 0.471. The quantitative estimate of drug-likeness (QED) is 0.936. The summed E-state index contributed by atoms with van der Waals surface area (Å²) in [6, 6.07) is 8.98. The molecule has 0 bridgehead atoms. The number of nitrogens with one attached hydrogen (secondary N) is 1. The van der Waals surface area contributed by atoms with Gasteiger partial charge in [0.15, 0.2) is 0 Å². The Morgan fingerprint density at radius 1 is 1.38 bits per heavy atom. The van der Waals surface area contributed by atoms with E-state index >= 15 is 0 Å². The van der Waals surface area contributed by atoms with E-state index in [1.54, 1.807) is 0 Å². The van der Waals surface area contributed by atoms with Gasteiger partial charge in [-0.25, -0.2) is 0 Å². The van der Waals surface area contributed by atoms with Crippen LogP contribution in [0.4, 0.5) is 0 Å². The lowest BCUT2D eigenvalue weighted by Gasteiger charge is -2.35. The van der Waals surface area contributed by atoms with Crippen molar-refractivity contribution in [3.05, 3.63) is 41.7 Å². The van der Waals surface area contributed by atoms with Crippen LogP contribution in [0.2, 0.25) is 0 Å². The SMILES string of the molecule is CNCC1CCCCN1Cc1cn2ccccc2c1C#N. The number of hydrogen-bond donors (Lipinski definition) is 1. The molecule has 2 aromatic rings. The number of rotatable bonds is 4. The first kappa shape index (κ1) is 14.1. The zero-order valence-electron chi connectivity index (χ0n) is 12.5. The summed E-state index contributed by atoms with van der Waals surface area (Å²) < 4.78 is 2.06. The molecule has 0 radical (unpaired) electrons. The second-order valence-electron chi connectivity index (χ2n) is 5.81. The Bertz CT molecular complexity index is 650. The highest BCUT2D eigenvalue weighted by Gasteiger charge is 2.23. The number of pyridine rings is 1. The maximum Gasteiger partial charge on any atom is 0.102 e. The predicted molar refractivity (Wildman–Crippen MR) is 84.1 cm³/mol. The standard InChI is InChI=1S/C17H22N4/c1-19-11-15-6-2-4-8-20(15)12-14-13-21-9-5-3-7-17(21)16(14)10-18/h3,5,7,9,13,15,19H,2,4,6,8,11-12H2,1H3. The average Bonchev–Trinajstić information content (AvgIpc) is 2.86. The van der Waals surface area contributed by atoms with Crippen molar-refractivity contribution >= 4 is 5.52 Å². The number of aromatic nitrogens is 1. The van der Waals surface area contributed by atoms with Gasteiger partial charge in [-0.2, -0.15) is 5.26 Å². The molecule has 0 saturated carbocycles. The van der Waals surface area contributed by atoms with Crippen LogP contribution in [0.1, 0.15) is 30.4 Å². The second kappa shape index (κ2) is 6.30. The summed E-state index contributed by atoms with van der Waals surface area (Å²) in [5, 5.41) is 12.8. The lowest BCUT2D eigenvalue weighted by molar-refractivity contribution is 0.139. The summed E-state index contributed by atoms with van der Waals surface area (Å²) in [4.78, 5) is 2.52. The van der Waals surface area contributed by atoms with Crippen molar-refractivity contribution in [1.82, 2.24) is 14.6 Å². The van der Waals surface area contributed by atoms with E-state index in [0.717, 1.165) is 36.3 Å². The Morgan fingerprint density at radius 2 is 2.29 bits per heavy atom. The van der Waals surface area contributed by atoms with E-state index in [-0.39, 0.29) is 0 Å². The molecule has 0 aliphatic carbocycles. The fourth-order valence-corrected chi connectivity index (χ4v) is 3.38. The molecule has 21 heavy (non-hydrogen) atoms. The monoisotopic (exact) mass is 282 g/mol. The summed E-state index contributed by atoms with van der Waals surface area (Å²) in [6.45, 7) is 3.02. The summed E-state index contributed by atoms with van der Waals surface area (Å²) in [5.41, 5.74) is 2.98. The van der Waals surface area contributed by atoms with Crippen LogP contribution in [-0.2, 0) is 6.54 Å². The first-order valence-corrected chi connectivity index (χ1v) is 7.71. The summed E-state index contributed by atoms with van der Waals surface area (Å²) in [7, 11) is 2.01. The molecular formula is C17H22N4. The highest BCUT2D eigenvalue weighted by atomic mass is 15.2. The Morgan fingerprint density at radius 3 is 3.10 bits per heavy atom. The lowest BCUT2D eigenvalue weighted by Crippen LogP contribution is -2.44. The molecule has 110 valence electrons. The third-order valence-corrected chi connectivity index (χ3v) is 4.44. The van der Waals surface area contributed by atoms with Gasteiger partial charge >= 0.3 is 0 Å². The van der Waals surface area contributed by atoms with Crippen molar-refractivity contribution in [2.24, 2.45) is 0 Å². The molecule has 0 aromatic carbocycles. The smallest absolute Gasteiger partial charge is 0.102 e. The van der Waals surface area contributed by atoms with Gasteiger partial charge < -0.3 is 9.72 Å². The van der Waals surface area contributed by atoms with E-state index in [1.807, 2.05) is 31.4 Å². The third kappa shape index (κ3) is 2.80. The van der Waals surface area contributed by atoms with Crippen molar-refractivity contribution in [2.45, 2.75) is 31.8 Å². The second-order valence-corrected chi connectivity index (χ2v) is 5.81. The number of fused-ring (bicyclic) bond motifs is 1. The molecule has 0 spiro atoms. The van der Waals surface area contributed by atoms with E-state index in [0.29, 0.717) is 6.04 Å². The number of hydrogen-bond acceptors (Lipinski definition) is 3. The molecule has 1 N–H and O–H groups in total. The maximum absolute atomic E-state index is 9.51. The highest BCUT2D eigenvalue weighted by Crippen LogP contribution is 2.23. The molecule has 1 fully saturated rings. The first-order chi connectivity index (χ1) is 10.3. The normalized spacial score (nSPS) is 19.7. The third-order valence-electron chi connectivity index (χ3n) is 4.44. The van der Waals surface area contributed by atoms with E-state index in [9.17, 15) is 5.26 Å². The lowest BCUT2D eigenvalue weighted by atomic mass is 10.0. The topological polar surface area (TPSA) is 43.5 Å². The predicted octanol–water partition coefficient (Wildman–Crippen LogP) is 2.38. The van der Waals surface area contributed by atoms with E-state index < -0.39 is 0 Å². The molecule has 4 nitrogen and oxygen atoms in total. The van der Waals surface area contributed by atoms with Crippen LogP contribution >= 0.6 is 0 Å². The van der Waals surface area contributed by atoms with Gasteiger partial charge in [0.05, 0.1) is 11.1 Å². The minimum absolute atomic E-state index is 0.582. The van der Waals surface area contributed by atoms with Crippen molar-refractivity contribution in [2.75, 3.05) is 20.1 Å². The van der Waals surface area contributed by atoms with Gasteiger partial charge in [0.2, 0.25) is 0 Å². The molecule has 1 aliphatic rings. The van der Waals surface area contributed by atoms with Gasteiger partial charge in [0.1, 0.15) is 6.07 Å². The van der Waals surface area contributed by atoms with Crippen molar-refractivity contribution in [3.8, 4) is 6.07 Å². The van der Waals surface area contributed by atoms with Gasteiger partial charge in [0, 0.05) is 37.1 Å². The molecule has 4 heteroatoms. The maximum atomic E-state index is 9.51. The Hall–Kier alpha value is -1.83. The van der Waals surface area contributed by atoms with Crippen LogP contribution in [0, 0.1) is 11.3 Å². The van der Waals surface area contributed by atoms with Gasteiger partial charge in [0.25, 0.3) is 0 Å². The van der Waals surface area contributed by atoms with Crippen molar-refractivity contribution < 1.29 is 0 Å². The van der Waals surface area contributed by atoms with Crippen molar-refractivity contribution in [1.29, 1.82) is 5.26 Å². The summed E-state index contributed by atoms with van der Waals surface area (Å²) in [6.07, 6.45) is 7.94. The van der Waals surface area contributed by atoms with Gasteiger partial charge in [-0.1, -0.05) is 12.5 Å². The van der Waals surface area contributed by atoms with Crippen LogP contribution in [-0.4, -0.2) is 35.5 Å². The molecular weight excluding hydrogens is 260 g/mol. The molecule has 1 saturated heterocycles. The molecule has 0 amide bonds. The van der Waals surface area contributed by atoms with Crippen molar-refractivity contribution in [3.63, 3.8) is 0 Å². The summed E-state index contributed by atoms with van der Waals surface area (Å²) in [5.74, 6) is 0. The Kier molecular flexibility index (Phi) is 4.23. The van der Waals surface area contributed by atoms with Crippen LogP contribution in [0.15, 0.2) is 30.6 Å². The first-order valence-electron chi connectivity index (χ1n) is 7.71. The Balaban J connectivity index is 1.88. The van der Waals surface area contributed by atoms with Crippen LogP contribution in [0.3, 0.4) is 0 Å². The zero-order chi connectivity index (χ0) is 14.7. The van der Waals surface area contributed by atoms with E-state index in [4.69, 9.17) is 0 Å². The van der Waals surface area contributed by atoms with Crippen LogP contribution < -0.4 is 5.32 Å². The Labute approximate surface area is 126 Å². The van der Waals surface area contributed by atoms with E-state index in [1.165, 1.54) is 19.3 Å². The summed E-state index contributed by atoms with van der Waals surface area (Å²) >= 11 is 0. The number of nitriles is 1. The van der Waals surface area contributed by atoms with E-state index in [2.05, 4.69) is 26.9 Å². The van der Waals surface area contributed by atoms with Gasteiger partial charge in [-0.3, -0.25) is 4.90 Å². The molecule has 3 rings (SSSR count). The highest BCUT2D eigenvalue weighted by molar-refractivity contribution is 5.65. The molecule has 1 aliphatic heterocycles. The van der Waals surface area contributed by atoms with Crippen LogP contribution in [0.25, 0.3) is 5.52 Å². The minimum atomic E-state index is 0.582. The van der Waals surface area contributed by atoms with Gasteiger partial charge in [-0.15, -0.1) is 0 Å². The molecule has 2 aromatic heterocycles. The number of piperidine rings is 1. The molecule has 3 heterocycles. The molecule has 1 atom stereocenters. The number of likely N-dealkylation sites (tertiary alicyclic amines) is 1. The minimum Gasteiger partial charge on any atom is -0.322 e. The average molecular weight is 282 g/mol. The molecule has 1 unspecified atom stereocenters. The van der Waals surface area contributed by atoms with Crippen LogP contribution in [0.5, 0.6) is 0 Å². The fourth-order valence-electron chi connectivity index (χ4n) is 3.38. The van der Waals surface area contributed by atoms with Gasteiger partial charge in [-0.05, 0) is 38.6 Å².